The van der Waals surface area contributed by atoms with Gasteiger partial charge in [0.05, 0.1) is 7.11 Å². The minimum atomic E-state index is -0.0517. The van der Waals surface area contributed by atoms with Crippen molar-refractivity contribution in [1.29, 1.82) is 0 Å². The van der Waals surface area contributed by atoms with Crippen molar-refractivity contribution in [2.75, 3.05) is 31.6 Å². The van der Waals surface area contributed by atoms with Gasteiger partial charge in [-0.15, -0.1) is 0 Å². The Morgan fingerprint density at radius 1 is 1.09 bits per heavy atom. The molecule has 1 amide bonds. The van der Waals surface area contributed by atoms with Crippen LogP contribution in [0.25, 0.3) is 0 Å². The number of furan rings is 1. The van der Waals surface area contributed by atoms with E-state index in [1.807, 2.05) is 29.2 Å². The summed E-state index contributed by atoms with van der Waals surface area (Å²) in [5, 5.41) is 0.737. The number of hydrogen-bond donors (Lipinski definition) is 0. The number of piperazine rings is 1. The van der Waals surface area contributed by atoms with E-state index in [0.717, 1.165) is 28.0 Å². The summed E-state index contributed by atoms with van der Waals surface area (Å²) in [6.07, 6.45) is 0. The molecule has 2 aromatic carbocycles. The average molecular weight is 479 g/mol. The van der Waals surface area contributed by atoms with Crippen LogP contribution in [-0.2, 0) is 5.41 Å². The zero-order valence-electron chi connectivity index (χ0n) is 20.9. The van der Waals surface area contributed by atoms with Crippen LogP contribution in [0.15, 0.2) is 69.0 Å². The van der Waals surface area contributed by atoms with Gasteiger partial charge in [0.1, 0.15) is 5.75 Å². The topological polar surface area (TPSA) is 45.9 Å². The van der Waals surface area contributed by atoms with Crippen molar-refractivity contribution in [3.8, 4) is 5.75 Å². The maximum atomic E-state index is 13.2. The summed E-state index contributed by atoms with van der Waals surface area (Å²) in [6.45, 7) is 12.9. The highest BCUT2D eigenvalue weighted by Gasteiger charge is 2.29. The Balaban J connectivity index is 1.43. The minimum Gasteiger partial charge on any atom is -0.497 e. The van der Waals surface area contributed by atoms with Crippen LogP contribution in [0.2, 0.25) is 0 Å². The van der Waals surface area contributed by atoms with E-state index in [0.29, 0.717) is 18.8 Å². The molecule has 2 heterocycles. The Kier molecular flexibility index (Phi) is 6.99. The Morgan fingerprint density at radius 2 is 1.88 bits per heavy atom. The molecule has 1 saturated heterocycles. The maximum absolute atomic E-state index is 13.2. The average Bonchev–Trinajstić information content (AvgIpc) is 3.27. The number of carbonyl (C=O) groups is 1. The molecule has 1 unspecified atom stereocenters. The van der Waals surface area contributed by atoms with Gasteiger partial charge < -0.3 is 19.0 Å². The lowest BCUT2D eigenvalue weighted by Crippen LogP contribution is -2.53. The van der Waals surface area contributed by atoms with Gasteiger partial charge in [-0.1, -0.05) is 50.7 Å². The molecule has 0 aliphatic carbocycles. The molecule has 1 aromatic heterocycles. The maximum Gasteiger partial charge on any atom is 0.289 e. The zero-order valence-corrected chi connectivity index (χ0v) is 21.7. The fourth-order valence-electron chi connectivity index (χ4n) is 4.25. The lowest BCUT2D eigenvalue weighted by atomic mass is 9.87. The Labute approximate surface area is 207 Å². The highest BCUT2D eigenvalue weighted by atomic mass is 32.2. The van der Waals surface area contributed by atoms with Crippen molar-refractivity contribution in [3.63, 3.8) is 0 Å². The summed E-state index contributed by atoms with van der Waals surface area (Å²) >= 11 is 1.57. The van der Waals surface area contributed by atoms with Crippen LogP contribution >= 0.6 is 11.8 Å². The van der Waals surface area contributed by atoms with Crippen LogP contribution in [-0.4, -0.2) is 43.6 Å². The largest absolute Gasteiger partial charge is 0.497 e. The number of rotatable bonds is 5. The van der Waals surface area contributed by atoms with Crippen LogP contribution in [0.4, 0.5) is 5.69 Å². The fourth-order valence-corrected chi connectivity index (χ4v) is 5.14. The van der Waals surface area contributed by atoms with Gasteiger partial charge >= 0.3 is 0 Å². The van der Waals surface area contributed by atoms with Gasteiger partial charge in [0.25, 0.3) is 5.91 Å². The van der Waals surface area contributed by atoms with Crippen LogP contribution in [0.3, 0.4) is 0 Å². The van der Waals surface area contributed by atoms with Crippen molar-refractivity contribution in [3.05, 3.63) is 71.5 Å². The van der Waals surface area contributed by atoms with E-state index in [-0.39, 0.29) is 17.4 Å². The fraction of sp³-hybridized carbons (Fsp3) is 0.393. The smallest absolute Gasteiger partial charge is 0.289 e. The molecule has 0 N–H and O–H groups in total. The van der Waals surface area contributed by atoms with E-state index in [1.165, 1.54) is 11.1 Å². The summed E-state index contributed by atoms with van der Waals surface area (Å²) in [5.41, 5.74) is 3.68. The highest BCUT2D eigenvalue weighted by Crippen LogP contribution is 2.35. The predicted molar refractivity (Wildman–Crippen MR) is 138 cm³/mol. The lowest BCUT2D eigenvalue weighted by molar-refractivity contribution is 0.0688. The van der Waals surface area contributed by atoms with E-state index in [4.69, 9.17) is 9.15 Å². The third-order valence-electron chi connectivity index (χ3n) is 6.36. The molecule has 1 atom stereocenters. The van der Waals surface area contributed by atoms with Gasteiger partial charge in [0, 0.05) is 42.3 Å². The summed E-state index contributed by atoms with van der Waals surface area (Å²) < 4.78 is 11.4. The molecular weight excluding hydrogens is 444 g/mol. The van der Waals surface area contributed by atoms with Gasteiger partial charge in [-0.05, 0) is 60.7 Å². The number of methoxy groups -OCH3 is 1. The number of amides is 1. The molecule has 180 valence electrons. The van der Waals surface area contributed by atoms with E-state index < -0.39 is 0 Å². The first-order chi connectivity index (χ1) is 16.2. The third-order valence-corrected chi connectivity index (χ3v) is 7.44. The number of carbonyl (C=O) groups excluding carboxylic acids is 1. The second-order valence-corrected chi connectivity index (χ2v) is 11.0. The molecule has 1 fully saturated rings. The molecule has 4 rings (SSSR count). The second-order valence-electron chi connectivity index (χ2n) is 9.95. The van der Waals surface area contributed by atoms with Crippen molar-refractivity contribution >= 4 is 23.4 Å². The van der Waals surface area contributed by atoms with E-state index in [9.17, 15) is 4.79 Å². The Morgan fingerprint density at radius 3 is 2.59 bits per heavy atom. The SMILES string of the molecule is COc1cccc(N2CCN(C(=O)c3ccc(Sc4cc(C(C)(C)C)ccc4C)o3)CC2C)c1. The summed E-state index contributed by atoms with van der Waals surface area (Å²) in [7, 11) is 1.68. The molecule has 34 heavy (non-hydrogen) atoms. The second kappa shape index (κ2) is 9.79. The van der Waals surface area contributed by atoms with E-state index in [2.05, 4.69) is 63.8 Å². The monoisotopic (exact) mass is 478 g/mol. The van der Waals surface area contributed by atoms with E-state index >= 15 is 0 Å². The number of hydrogen-bond acceptors (Lipinski definition) is 5. The van der Waals surface area contributed by atoms with Crippen molar-refractivity contribution in [2.45, 2.75) is 56.1 Å². The first-order valence-electron chi connectivity index (χ1n) is 11.7. The zero-order chi connectivity index (χ0) is 24.5. The molecule has 3 aromatic rings. The Hall–Kier alpha value is -2.86. The third kappa shape index (κ3) is 5.27. The van der Waals surface area contributed by atoms with Crippen LogP contribution in [0.5, 0.6) is 5.75 Å². The van der Waals surface area contributed by atoms with Gasteiger partial charge in [-0.3, -0.25) is 4.79 Å². The standard InChI is InChI=1S/C28H34N2O3S/c1-19-10-11-21(28(3,4)5)16-25(19)34-26-13-12-24(33-26)27(31)29-14-15-30(20(2)18-29)22-8-7-9-23(17-22)32-6/h7-13,16-17,20H,14-15,18H2,1-6H3. The first-order valence-corrected chi connectivity index (χ1v) is 12.6. The molecule has 5 nitrogen and oxygen atoms in total. The molecule has 0 bridgehead atoms. The molecule has 1 aliphatic heterocycles. The number of aryl methyl sites for hydroxylation is 1. The molecule has 0 saturated carbocycles. The Bertz CT molecular complexity index is 1160. The number of anilines is 1. The molecular formula is C28H34N2O3S. The molecule has 0 radical (unpaired) electrons. The van der Waals surface area contributed by atoms with E-state index in [1.54, 1.807) is 24.9 Å². The highest BCUT2D eigenvalue weighted by molar-refractivity contribution is 7.99. The summed E-state index contributed by atoms with van der Waals surface area (Å²) in [5.74, 6) is 1.19. The van der Waals surface area contributed by atoms with Crippen molar-refractivity contribution in [1.82, 2.24) is 4.90 Å². The van der Waals surface area contributed by atoms with Crippen molar-refractivity contribution < 1.29 is 13.9 Å². The predicted octanol–water partition coefficient (Wildman–Crippen LogP) is 6.40. The van der Waals surface area contributed by atoms with Crippen LogP contribution in [0.1, 0.15) is 49.4 Å². The van der Waals surface area contributed by atoms with Gasteiger partial charge in [0.2, 0.25) is 0 Å². The van der Waals surface area contributed by atoms with Crippen LogP contribution < -0.4 is 9.64 Å². The van der Waals surface area contributed by atoms with Gasteiger partial charge in [0.15, 0.2) is 10.9 Å². The van der Waals surface area contributed by atoms with Gasteiger partial charge in [-0.2, -0.15) is 0 Å². The molecule has 0 spiro atoms. The van der Waals surface area contributed by atoms with Crippen molar-refractivity contribution in [2.24, 2.45) is 0 Å². The van der Waals surface area contributed by atoms with Crippen LogP contribution in [0, 0.1) is 6.92 Å². The first kappa shape index (κ1) is 24.3. The van der Waals surface area contributed by atoms with Gasteiger partial charge in [-0.25, -0.2) is 0 Å². The number of ether oxygens (including phenoxy) is 1. The number of nitrogens with zero attached hydrogens (tertiary/aromatic N) is 2. The summed E-state index contributed by atoms with van der Waals surface area (Å²) in [4.78, 5) is 18.6. The minimum absolute atomic E-state index is 0.0517. The normalized spacial score (nSPS) is 16.6. The quantitative estimate of drug-likeness (QED) is 0.425. The number of benzene rings is 2. The molecule has 6 heteroatoms. The summed E-state index contributed by atoms with van der Waals surface area (Å²) in [6, 6.07) is 18.5. The lowest BCUT2D eigenvalue weighted by Gasteiger charge is -2.41. The molecule has 1 aliphatic rings.